The summed E-state index contributed by atoms with van der Waals surface area (Å²) in [6, 6.07) is 7.00. The molecule has 30 heavy (non-hydrogen) atoms. The summed E-state index contributed by atoms with van der Waals surface area (Å²) in [4.78, 5) is 37.4. The van der Waals surface area contributed by atoms with Crippen molar-refractivity contribution in [2.45, 2.75) is 70.4 Å². The number of hydrogen-bond donors (Lipinski definition) is 2. The van der Waals surface area contributed by atoms with Gasteiger partial charge in [-0.25, -0.2) is 4.79 Å². The van der Waals surface area contributed by atoms with Crippen LogP contribution in [-0.4, -0.2) is 29.9 Å². The van der Waals surface area contributed by atoms with Gasteiger partial charge in [0.15, 0.2) is 6.10 Å². The third kappa shape index (κ3) is 3.84. The van der Waals surface area contributed by atoms with E-state index in [9.17, 15) is 14.4 Å². The second-order valence-corrected chi connectivity index (χ2v) is 10.1. The Labute approximate surface area is 177 Å². The highest BCUT2D eigenvalue weighted by Crippen LogP contribution is 2.60. The van der Waals surface area contributed by atoms with E-state index >= 15 is 0 Å². The Kier molecular flexibility index (Phi) is 4.83. The fourth-order valence-corrected chi connectivity index (χ4v) is 6.17. The summed E-state index contributed by atoms with van der Waals surface area (Å²) in [5.41, 5.74) is 0.872. The number of anilines is 1. The molecule has 0 aromatic heterocycles. The van der Waals surface area contributed by atoms with Crippen molar-refractivity contribution in [3.05, 3.63) is 29.8 Å². The summed E-state index contributed by atoms with van der Waals surface area (Å²) in [6.45, 7) is 1.58. The van der Waals surface area contributed by atoms with Crippen molar-refractivity contribution < 1.29 is 19.1 Å². The average Bonchev–Trinajstić information content (AvgIpc) is 3.51. The molecular weight excluding hydrogens is 380 g/mol. The minimum Gasteiger partial charge on any atom is -0.449 e. The summed E-state index contributed by atoms with van der Waals surface area (Å²) in [5.74, 6) is 1.51. The molecule has 6 nitrogen and oxygen atoms in total. The van der Waals surface area contributed by atoms with Gasteiger partial charge in [0, 0.05) is 11.7 Å². The maximum Gasteiger partial charge on any atom is 0.338 e. The van der Waals surface area contributed by atoms with Gasteiger partial charge in [0.1, 0.15) is 0 Å². The van der Waals surface area contributed by atoms with E-state index in [1.54, 1.807) is 31.2 Å². The third-order valence-electron chi connectivity index (χ3n) is 7.48. The fraction of sp³-hybridized carbons (Fsp3) is 0.625. The summed E-state index contributed by atoms with van der Waals surface area (Å²) in [7, 11) is 0. The molecule has 4 bridgehead atoms. The van der Waals surface area contributed by atoms with Crippen LogP contribution in [0.1, 0.15) is 68.6 Å². The summed E-state index contributed by atoms with van der Waals surface area (Å²) in [6.07, 6.45) is 8.14. The second kappa shape index (κ2) is 7.40. The minimum absolute atomic E-state index is 0.141. The molecule has 0 spiro atoms. The molecule has 5 fully saturated rings. The van der Waals surface area contributed by atoms with Crippen molar-refractivity contribution in [1.82, 2.24) is 5.32 Å². The molecule has 0 heterocycles. The molecule has 1 aromatic carbocycles. The molecule has 0 unspecified atom stereocenters. The second-order valence-electron chi connectivity index (χ2n) is 10.1. The quantitative estimate of drug-likeness (QED) is 0.701. The molecule has 6 rings (SSSR count). The van der Waals surface area contributed by atoms with Crippen molar-refractivity contribution in [3.8, 4) is 0 Å². The predicted molar refractivity (Wildman–Crippen MR) is 112 cm³/mol. The van der Waals surface area contributed by atoms with Gasteiger partial charge in [-0.2, -0.15) is 0 Å². The van der Waals surface area contributed by atoms with Crippen LogP contribution in [-0.2, 0) is 14.3 Å². The van der Waals surface area contributed by atoms with Gasteiger partial charge >= 0.3 is 5.97 Å². The lowest BCUT2D eigenvalue weighted by atomic mass is 9.49. The first kappa shape index (κ1) is 19.6. The highest BCUT2D eigenvalue weighted by molar-refractivity contribution is 5.97. The van der Waals surface area contributed by atoms with Crippen molar-refractivity contribution in [2.75, 3.05) is 5.32 Å². The van der Waals surface area contributed by atoms with Crippen molar-refractivity contribution in [2.24, 2.45) is 23.2 Å². The van der Waals surface area contributed by atoms with E-state index in [0.29, 0.717) is 11.3 Å². The molecule has 0 aliphatic heterocycles. The van der Waals surface area contributed by atoms with Gasteiger partial charge in [-0.15, -0.1) is 0 Å². The summed E-state index contributed by atoms with van der Waals surface area (Å²) < 4.78 is 5.27. The van der Waals surface area contributed by atoms with Gasteiger partial charge in [0.25, 0.3) is 5.91 Å². The highest BCUT2D eigenvalue weighted by Gasteiger charge is 2.54. The Morgan fingerprint density at radius 2 is 1.53 bits per heavy atom. The van der Waals surface area contributed by atoms with Crippen LogP contribution in [0.2, 0.25) is 0 Å². The van der Waals surface area contributed by atoms with Gasteiger partial charge < -0.3 is 15.4 Å². The Hall–Kier alpha value is -2.37. The molecule has 2 amide bonds. The van der Waals surface area contributed by atoms with E-state index < -0.39 is 12.1 Å². The van der Waals surface area contributed by atoms with Gasteiger partial charge in [0.2, 0.25) is 5.91 Å². The number of esters is 1. The van der Waals surface area contributed by atoms with Gasteiger partial charge in [-0.1, -0.05) is 0 Å². The lowest BCUT2D eigenvalue weighted by Gasteiger charge is -2.55. The molecule has 2 N–H and O–H groups in total. The number of rotatable bonds is 6. The van der Waals surface area contributed by atoms with Crippen LogP contribution >= 0.6 is 0 Å². The zero-order valence-electron chi connectivity index (χ0n) is 17.5. The minimum atomic E-state index is -0.825. The molecule has 0 saturated heterocycles. The Morgan fingerprint density at radius 1 is 0.967 bits per heavy atom. The number of carbonyl (C=O) groups is 3. The van der Waals surface area contributed by atoms with Gasteiger partial charge in [-0.3, -0.25) is 9.59 Å². The Morgan fingerprint density at radius 3 is 2.07 bits per heavy atom. The monoisotopic (exact) mass is 410 g/mol. The highest BCUT2D eigenvalue weighted by atomic mass is 16.5. The fourth-order valence-electron chi connectivity index (χ4n) is 6.17. The number of ether oxygens (including phenoxy) is 1. The van der Waals surface area contributed by atoms with Crippen LogP contribution in [0.4, 0.5) is 5.69 Å². The van der Waals surface area contributed by atoms with E-state index in [0.717, 1.165) is 49.9 Å². The largest absolute Gasteiger partial charge is 0.449 e. The number of benzene rings is 1. The van der Waals surface area contributed by atoms with E-state index in [2.05, 4.69) is 10.6 Å². The normalized spacial score (nSPS) is 32.4. The summed E-state index contributed by atoms with van der Waals surface area (Å²) in [5, 5.41) is 5.93. The Bertz CT molecular complexity index is 823. The first-order chi connectivity index (χ1) is 14.4. The SMILES string of the molecule is C[C@@H](OC(=O)c1ccc(NC(=O)C23CC4CC(CC(C4)C2)C3)cc1)C(=O)NC1CC1. The van der Waals surface area contributed by atoms with E-state index in [4.69, 9.17) is 4.74 Å². The van der Waals surface area contributed by atoms with Crippen LogP contribution in [0.15, 0.2) is 24.3 Å². The molecule has 160 valence electrons. The topological polar surface area (TPSA) is 84.5 Å². The van der Waals surface area contributed by atoms with Gasteiger partial charge in [0.05, 0.1) is 11.0 Å². The zero-order chi connectivity index (χ0) is 20.9. The van der Waals surface area contributed by atoms with Crippen LogP contribution in [0.5, 0.6) is 0 Å². The van der Waals surface area contributed by atoms with E-state index in [-0.39, 0.29) is 23.3 Å². The van der Waals surface area contributed by atoms with E-state index in [1.165, 1.54) is 19.3 Å². The zero-order valence-corrected chi connectivity index (χ0v) is 17.5. The molecular formula is C24H30N2O4. The number of carbonyl (C=O) groups excluding carboxylic acids is 3. The first-order valence-corrected chi connectivity index (χ1v) is 11.3. The lowest BCUT2D eigenvalue weighted by molar-refractivity contribution is -0.140. The number of hydrogen-bond acceptors (Lipinski definition) is 4. The predicted octanol–water partition coefficient (Wildman–Crippen LogP) is 3.67. The van der Waals surface area contributed by atoms with Crippen molar-refractivity contribution in [1.29, 1.82) is 0 Å². The molecule has 1 atom stereocenters. The maximum atomic E-state index is 13.2. The molecule has 6 heteroatoms. The Balaban J connectivity index is 1.18. The summed E-state index contributed by atoms with van der Waals surface area (Å²) >= 11 is 0. The molecule has 5 saturated carbocycles. The smallest absolute Gasteiger partial charge is 0.338 e. The van der Waals surface area contributed by atoms with Gasteiger partial charge in [-0.05, 0) is 100 Å². The molecule has 5 aliphatic carbocycles. The lowest BCUT2D eigenvalue weighted by Crippen LogP contribution is -2.51. The third-order valence-corrected chi connectivity index (χ3v) is 7.48. The molecule has 1 aromatic rings. The van der Waals surface area contributed by atoms with Crippen LogP contribution in [0.3, 0.4) is 0 Å². The maximum absolute atomic E-state index is 13.2. The average molecular weight is 411 g/mol. The van der Waals surface area contributed by atoms with Crippen molar-refractivity contribution in [3.63, 3.8) is 0 Å². The molecule has 5 aliphatic rings. The van der Waals surface area contributed by atoms with E-state index in [1.807, 2.05) is 0 Å². The molecule has 0 radical (unpaired) electrons. The van der Waals surface area contributed by atoms with Crippen molar-refractivity contribution >= 4 is 23.5 Å². The van der Waals surface area contributed by atoms with Crippen LogP contribution in [0.25, 0.3) is 0 Å². The number of nitrogens with one attached hydrogen (secondary N) is 2. The standard InChI is InChI=1S/C24H30N2O4/c1-14(21(27)25-19-6-7-19)30-22(28)18-2-4-20(5-3-18)26-23(29)24-11-15-8-16(12-24)10-17(9-15)13-24/h2-5,14-17,19H,6-13H2,1H3,(H,25,27)(H,26,29)/t14-,15?,16?,17?,24?/m1/s1. The number of amides is 2. The van der Waals surface area contributed by atoms with Crippen LogP contribution < -0.4 is 10.6 Å². The van der Waals surface area contributed by atoms with Crippen LogP contribution in [0, 0.1) is 23.2 Å². The first-order valence-electron chi connectivity index (χ1n) is 11.3.